The summed E-state index contributed by atoms with van der Waals surface area (Å²) >= 11 is 0. The number of piperidine rings is 1. The van der Waals surface area contributed by atoms with Crippen LogP contribution < -0.4 is 10.6 Å². The number of hydrogen-bond acceptors (Lipinski definition) is 4. The Morgan fingerprint density at radius 3 is 3.00 bits per heavy atom. The maximum Gasteiger partial charge on any atom is 0.234 e. The lowest BCUT2D eigenvalue weighted by molar-refractivity contribution is -0.123. The summed E-state index contributed by atoms with van der Waals surface area (Å²) in [4.78, 5) is 14.0. The van der Waals surface area contributed by atoms with Gasteiger partial charge in [-0.3, -0.25) is 9.69 Å². The molecule has 1 saturated heterocycles. The van der Waals surface area contributed by atoms with Crippen LogP contribution in [0.3, 0.4) is 0 Å². The van der Waals surface area contributed by atoms with Gasteiger partial charge in [-0.1, -0.05) is 0 Å². The molecule has 0 aromatic rings. The summed E-state index contributed by atoms with van der Waals surface area (Å²) in [6, 6.07) is 0.602. The lowest BCUT2D eigenvalue weighted by Crippen LogP contribution is -2.49. The summed E-state index contributed by atoms with van der Waals surface area (Å²) in [6.45, 7) is 4.98. The molecule has 5 nitrogen and oxygen atoms in total. The first-order valence-corrected chi connectivity index (χ1v) is 6.33. The summed E-state index contributed by atoms with van der Waals surface area (Å²) in [5, 5.41) is 6.21. The predicted molar refractivity (Wildman–Crippen MR) is 68.0 cm³/mol. The fraction of sp³-hybridized carbons (Fsp3) is 0.917. The highest BCUT2D eigenvalue weighted by atomic mass is 16.5. The lowest BCUT2D eigenvalue weighted by Gasteiger charge is -2.32. The number of carbonyl (C=O) groups excluding carboxylic acids is 1. The van der Waals surface area contributed by atoms with Gasteiger partial charge >= 0.3 is 0 Å². The Bertz CT molecular complexity index is 236. The third-order valence-electron chi connectivity index (χ3n) is 3.11. The van der Waals surface area contributed by atoms with E-state index in [-0.39, 0.29) is 11.9 Å². The van der Waals surface area contributed by atoms with Crippen LogP contribution in [-0.4, -0.2) is 63.3 Å². The Hall–Kier alpha value is -0.650. The molecule has 0 saturated carbocycles. The highest BCUT2D eigenvalue weighted by Gasteiger charge is 2.20. The normalized spacial score (nSPS) is 23.4. The average molecular weight is 243 g/mol. The van der Waals surface area contributed by atoms with E-state index < -0.39 is 0 Å². The van der Waals surface area contributed by atoms with Gasteiger partial charge in [0.05, 0.1) is 13.2 Å². The second-order valence-corrected chi connectivity index (χ2v) is 4.79. The molecule has 2 N–H and O–H groups in total. The smallest absolute Gasteiger partial charge is 0.234 e. The number of nitrogens with one attached hydrogen (secondary N) is 2. The number of likely N-dealkylation sites (tertiary alicyclic amines) is 1. The number of amides is 1. The summed E-state index contributed by atoms with van der Waals surface area (Å²) < 4.78 is 4.99. The van der Waals surface area contributed by atoms with Crippen molar-refractivity contribution in [2.45, 2.75) is 31.8 Å². The largest absolute Gasteiger partial charge is 0.383 e. The first-order chi connectivity index (χ1) is 8.15. The van der Waals surface area contributed by atoms with E-state index >= 15 is 0 Å². The van der Waals surface area contributed by atoms with Gasteiger partial charge in [0.2, 0.25) is 5.91 Å². The van der Waals surface area contributed by atoms with E-state index in [1.54, 1.807) is 7.11 Å². The Morgan fingerprint density at radius 1 is 1.59 bits per heavy atom. The molecular weight excluding hydrogens is 218 g/mol. The standard InChI is InChI=1S/C12H25N3O2/c1-10(9-17-3)14-12(16)8-15-6-4-5-11(7-15)13-2/h10-11,13H,4-9H2,1-3H3,(H,14,16). The summed E-state index contributed by atoms with van der Waals surface area (Å²) in [7, 11) is 3.62. The fourth-order valence-electron chi connectivity index (χ4n) is 2.25. The highest BCUT2D eigenvalue weighted by Crippen LogP contribution is 2.08. The zero-order valence-electron chi connectivity index (χ0n) is 11.2. The molecule has 1 amide bonds. The van der Waals surface area contributed by atoms with Crippen molar-refractivity contribution in [3.05, 3.63) is 0 Å². The monoisotopic (exact) mass is 243 g/mol. The molecule has 2 atom stereocenters. The zero-order chi connectivity index (χ0) is 12.7. The Morgan fingerprint density at radius 2 is 2.35 bits per heavy atom. The summed E-state index contributed by atoms with van der Waals surface area (Å²) in [6.07, 6.45) is 2.36. The minimum Gasteiger partial charge on any atom is -0.383 e. The van der Waals surface area contributed by atoms with E-state index in [0.29, 0.717) is 19.2 Å². The third kappa shape index (κ3) is 5.48. The molecule has 0 spiro atoms. The first kappa shape index (κ1) is 14.4. The molecule has 0 radical (unpaired) electrons. The number of carbonyl (C=O) groups is 1. The number of ether oxygens (including phenoxy) is 1. The minimum absolute atomic E-state index is 0.0809. The SMILES string of the molecule is CNC1CCCN(CC(=O)NC(C)COC)C1. The second-order valence-electron chi connectivity index (χ2n) is 4.79. The summed E-state index contributed by atoms with van der Waals surface area (Å²) in [5.41, 5.74) is 0. The maximum atomic E-state index is 11.8. The molecule has 1 rings (SSSR count). The fourth-order valence-corrected chi connectivity index (χ4v) is 2.25. The maximum absolute atomic E-state index is 11.8. The number of rotatable bonds is 6. The van der Waals surface area contributed by atoms with Crippen molar-refractivity contribution in [3.8, 4) is 0 Å². The van der Waals surface area contributed by atoms with Gasteiger partial charge in [0.15, 0.2) is 0 Å². The van der Waals surface area contributed by atoms with E-state index in [4.69, 9.17) is 4.74 Å². The number of nitrogens with zero attached hydrogens (tertiary/aromatic N) is 1. The van der Waals surface area contributed by atoms with Gasteiger partial charge in [-0.05, 0) is 33.4 Å². The van der Waals surface area contributed by atoms with E-state index in [9.17, 15) is 4.79 Å². The van der Waals surface area contributed by atoms with Crippen LogP contribution in [0.25, 0.3) is 0 Å². The molecule has 1 aliphatic rings. The minimum atomic E-state index is 0.0809. The van der Waals surface area contributed by atoms with E-state index in [1.165, 1.54) is 6.42 Å². The molecule has 0 bridgehead atoms. The number of methoxy groups -OCH3 is 1. The Balaban J connectivity index is 2.25. The molecule has 2 unspecified atom stereocenters. The molecule has 1 heterocycles. The molecule has 0 aliphatic carbocycles. The van der Waals surface area contributed by atoms with Gasteiger partial charge in [0.1, 0.15) is 0 Å². The second kappa shape index (κ2) is 7.63. The molecule has 5 heteroatoms. The number of hydrogen-bond donors (Lipinski definition) is 2. The average Bonchev–Trinajstić information content (AvgIpc) is 2.29. The van der Waals surface area contributed by atoms with Gasteiger partial charge in [0.25, 0.3) is 0 Å². The van der Waals surface area contributed by atoms with Gasteiger partial charge in [-0.2, -0.15) is 0 Å². The number of likely N-dealkylation sites (N-methyl/N-ethyl adjacent to an activating group) is 1. The van der Waals surface area contributed by atoms with Crippen LogP contribution in [0.2, 0.25) is 0 Å². The molecule has 1 aliphatic heterocycles. The van der Waals surface area contributed by atoms with E-state index in [2.05, 4.69) is 15.5 Å². The van der Waals surface area contributed by atoms with Crippen LogP contribution in [0.15, 0.2) is 0 Å². The van der Waals surface area contributed by atoms with E-state index in [0.717, 1.165) is 19.5 Å². The van der Waals surface area contributed by atoms with Crippen LogP contribution in [0.5, 0.6) is 0 Å². The van der Waals surface area contributed by atoms with Crippen LogP contribution in [-0.2, 0) is 9.53 Å². The molecule has 100 valence electrons. The summed E-state index contributed by atoms with van der Waals surface area (Å²) in [5.74, 6) is 0.0892. The van der Waals surface area contributed by atoms with Gasteiger partial charge in [0, 0.05) is 25.7 Å². The molecule has 1 fully saturated rings. The van der Waals surface area contributed by atoms with Gasteiger partial charge < -0.3 is 15.4 Å². The van der Waals surface area contributed by atoms with Crippen molar-refractivity contribution in [2.24, 2.45) is 0 Å². The van der Waals surface area contributed by atoms with Gasteiger partial charge in [-0.25, -0.2) is 0 Å². The van der Waals surface area contributed by atoms with Crippen molar-refractivity contribution >= 4 is 5.91 Å². The van der Waals surface area contributed by atoms with Crippen molar-refractivity contribution in [1.82, 2.24) is 15.5 Å². The highest BCUT2D eigenvalue weighted by molar-refractivity contribution is 5.78. The van der Waals surface area contributed by atoms with E-state index in [1.807, 2.05) is 14.0 Å². The zero-order valence-corrected chi connectivity index (χ0v) is 11.2. The molecule has 0 aromatic carbocycles. The third-order valence-corrected chi connectivity index (χ3v) is 3.11. The predicted octanol–water partition coefficient (Wildman–Crippen LogP) is -0.179. The van der Waals surface area contributed by atoms with Crippen molar-refractivity contribution in [1.29, 1.82) is 0 Å². The molecule has 17 heavy (non-hydrogen) atoms. The van der Waals surface area contributed by atoms with Crippen LogP contribution in [0.1, 0.15) is 19.8 Å². The van der Waals surface area contributed by atoms with Crippen molar-refractivity contribution in [3.63, 3.8) is 0 Å². The van der Waals surface area contributed by atoms with Crippen molar-refractivity contribution < 1.29 is 9.53 Å². The lowest BCUT2D eigenvalue weighted by atomic mass is 10.1. The van der Waals surface area contributed by atoms with Crippen molar-refractivity contribution in [2.75, 3.05) is 40.4 Å². The Labute approximate surface area is 104 Å². The van der Waals surface area contributed by atoms with Crippen LogP contribution >= 0.6 is 0 Å². The molecular formula is C12H25N3O2. The van der Waals surface area contributed by atoms with Gasteiger partial charge in [-0.15, -0.1) is 0 Å². The molecule has 0 aromatic heterocycles. The Kier molecular flexibility index (Phi) is 6.47. The first-order valence-electron chi connectivity index (χ1n) is 6.33. The quantitative estimate of drug-likeness (QED) is 0.679. The van der Waals surface area contributed by atoms with Crippen LogP contribution in [0, 0.1) is 0 Å². The van der Waals surface area contributed by atoms with Crippen LogP contribution in [0.4, 0.5) is 0 Å². The topological polar surface area (TPSA) is 53.6 Å².